The van der Waals surface area contributed by atoms with E-state index in [1.165, 1.54) is 36.4 Å². The molecule has 0 fully saturated rings. The van der Waals surface area contributed by atoms with Gasteiger partial charge in [-0.1, -0.05) is 12.1 Å². The van der Waals surface area contributed by atoms with Gasteiger partial charge in [0.1, 0.15) is 5.82 Å². The summed E-state index contributed by atoms with van der Waals surface area (Å²) in [5, 5.41) is 11.5. The molecule has 0 aliphatic heterocycles. The molecule has 0 unspecified atom stereocenters. The van der Waals surface area contributed by atoms with Crippen LogP contribution in [0.3, 0.4) is 0 Å². The van der Waals surface area contributed by atoms with Gasteiger partial charge >= 0.3 is 5.97 Å². The van der Waals surface area contributed by atoms with E-state index in [1.807, 2.05) is 0 Å². The number of nitrogens with one attached hydrogen (secondary N) is 1. The molecule has 0 aliphatic rings. The predicted octanol–water partition coefficient (Wildman–Crippen LogP) is 2.80. The fourth-order valence-electron chi connectivity index (χ4n) is 2.11. The molecule has 0 aromatic heterocycles. The van der Waals surface area contributed by atoms with Crippen molar-refractivity contribution in [3.05, 3.63) is 71.0 Å². The van der Waals surface area contributed by atoms with Crippen LogP contribution >= 0.6 is 0 Å². The molecule has 2 N–H and O–H groups in total. The van der Waals surface area contributed by atoms with Crippen molar-refractivity contribution in [3.63, 3.8) is 0 Å². The maximum atomic E-state index is 12.8. The summed E-state index contributed by atoms with van der Waals surface area (Å²) in [6.45, 7) is 0.185. The molecule has 2 aromatic carbocycles. The summed E-state index contributed by atoms with van der Waals surface area (Å²) in [5.74, 6) is -2.01. The number of Topliss-reactive ketones (excluding diaryl/α,β-unsaturated/α-hetero) is 1. The van der Waals surface area contributed by atoms with Crippen LogP contribution in [0.25, 0.3) is 0 Å². The van der Waals surface area contributed by atoms with Crippen molar-refractivity contribution in [3.8, 4) is 0 Å². The average molecular weight is 329 g/mol. The molecule has 124 valence electrons. The molecule has 0 spiro atoms. The maximum Gasteiger partial charge on any atom is 0.335 e. The summed E-state index contributed by atoms with van der Waals surface area (Å²) in [5.41, 5.74) is 1.17. The Morgan fingerprint density at radius 1 is 0.958 bits per heavy atom. The molecule has 2 rings (SSSR count). The molecule has 0 saturated heterocycles. The number of aromatic carboxylic acids is 1. The van der Waals surface area contributed by atoms with Gasteiger partial charge in [-0.2, -0.15) is 0 Å². The van der Waals surface area contributed by atoms with Gasteiger partial charge in [0.15, 0.2) is 5.78 Å². The van der Waals surface area contributed by atoms with E-state index in [2.05, 4.69) is 5.32 Å². The number of carbonyl (C=O) groups excluding carboxylic acids is 2. The Morgan fingerprint density at radius 2 is 1.67 bits per heavy atom. The standard InChI is InChI=1S/C18H16FNO4/c19-15-6-4-13(5-7-15)16(21)8-9-17(22)20-11-12-2-1-3-14(10-12)18(23)24/h1-7,10H,8-9,11H2,(H,20,22)(H,23,24). The second-order valence-corrected chi connectivity index (χ2v) is 5.21. The summed E-state index contributed by atoms with van der Waals surface area (Å²) in [6.07, 6.45) is 0.0292. The van der Waals surface area contributed by atoms with Gasteiger partial charge in [0, 0.05) is 24.9 Å². The Hall–Kier alpha value is -3.02. The number of carboxylic acids is 1. The van der Waals surface area contributed by atoms with E-state index in [9.17, 15) is 18.8 Å². The summed E-state index contributed by atoms with van der Waals surface area (Å²) in [6, 6.07) is 11.4. The zero-order valence-electron chi connectivity index (χ0n) is 12.8. The minimum Gasteiger partial charge on any atom is -0.478 e. The molecule has 0 bridgehead atoms. The number of rotatable bonds is 7. The number of carboxylic acid groups (broad SMARTS) is 1. The Kier molecular flexibility index (Phi) is 5.78. The molecule has 0 radical (unpaired) electrons. The highest BCUT2D eigenvalue weighted by Crippen LogP contribution is 2.08. The Bertz CT molecular complexity index is 756. The quantitative estimate of drug-likeness (QED) is 0.765. The third-order valence-electron chi connectivity index (χ3n) is 3.41. The smallest absolute Gasteiger partial charge is 0.335 e. The summed E-state index contributed by atoms with van der Waals surface area (Å²) >= 11 is 0. The van der Waals surface area contributed by atoms with Gasteiger partial charge < -0.3 is 10.4 Å². The van der Waals surface area contributed by atoms with Gasteiger partial charge in [-0.15, -0.1) is 0 Å². The number of hydrogen-bond acceptors (Lipinski definition) is 3. The first kappa shape index (κ1) is 17.3. The molecule has 5 nitrogen and oxygen atoms in total. The van der Waals surface area contributed by atoms with Gasteiger partial charge in [-0.3, -0.25) is 9.59 Å². The van der Waals surface area contributed by atoms with Crippen LogP contribution in [0.2, 0.25) is 0 Å². The van der Waals surface area contributed by atoms with Crippen molar-refractivity contribution in [1.29, 1.82) is 0 Å². The van der Waals surface area contributed by atoms with E-state index in [4.69, 9.17) is 5.11 Å². The zero-order valence-corrected chi connectivity index (χ0v) is 12.8. The number of amides is 1. The van der Waals surface area contributed by atoms with Crippen LogP contribution in [0.1, 0.15) is 39.1 Å². The van der Waals surface area contributed by atoms with Crippen molar-refractivity contribution < 1.29 is 23.9 Å². The molecule has 24 heavy (non-hydrogen) atoms. The van der Waals surface area contributed by atoms with E-state index in [-0.39, 0.29) is 36.6 Å². The first-order chi connectivity index (χ1) is 11.5. The summed E-state index contributed by atoms with van der Waals surface area (Å²) in [4.78, 5) is 34.5. The van der Waals surface area contributed by atoms with Gasteiger partial charge in [0.05, 0.1) is 5.56 Å². The van der Waals surface area contributed by atoms with E-state index >= 15 is 0 Å². The molecule has 2 aromatic rings. The van der Waals surface area contributed by atoms with E-state index in [1.54, 1.807) is 12.1 Å². The Balaban J connectivity index is 1.81. The van der Waals surface area contributed by atoms with E-state index in [0.717, 1.165) is 0 Å². The number of carbonyl (C=O) groups is 3. The van der Waals surface area contributed by atoms with Crippen LogP contribution in [0, 0.1) is 5.82 Å². The van der Waals surface area contributed by atoms with Crippen LogP contribution in [0.15, 0.2) is 48.5 Å². The minimum atomic E-state index is -1.03. The van der Waals surface area contributed by atoms with Crippen LogP contribution in [0.4, 0.5) is 4.39 Å². The highest BCUT2D eigenvalue weighted by atomic mass is 19.1. The molecule has 0 saturated carbocycles. The summed E-state index contributed by atoms with van der Waals surface area (Å²) < 4.78 is 12.8. The highest BCUT2D eigenvalue weighted by molar-refractivity contribution is 5.97. The lowest BCUT2D eigenvalue weighted by Crippen LogP contribution is -2.23. The number of ketones is 1. The van der Waals surface area contributed by atoms with Gasteiger partial charge in [0.2, 0.25) is 5.91 Å². The first-order valence-corrected chi connectivity index (χ1v) is 7.33. The molecule has 6 heteroatoms. The number of hydrogen-bond donors (Lipinski definition) is 2. The van der Waals surface area contributed by atoms with E-state index < -0.39 is 11.8 Å². The normalized spacial score (nSPS) is 10.2. The van der Waals surface area contributed by atoms with Crippen molar-refractivity contribution in [2.45, 2.75) is 19.4 Å². The molecule has 0 atom stereocenters. The predicted molar refractivity (Wildman–Crippen MR) is 85.2 cm³/mol. The maximum absolute atomic E-state index is 12.8. The lowest BCUT2D eigenvalue weighted by molar-refractivity contribution is -0.121. The minimum absolute atomic E-state index is 0.00876. The van der Waals surface area contributed by atoms with Crippen LogP contribution in [0.5, 0.6) is 0 Å². The molecule has 0 heterocycles. The summed E-state index contributed by atoms with van der Waals surface area (Å²) in [7, 11) is 0. The van der Waals surface area contributed by atoms with Crippen molar-refractivity contribution in [2.75, 3.05) is 0 Å². The van der Waals surface area contributed by atoms with Crippen molar-refractivity contribution >= 4 is 17.7 Å². The monoisotopic (exact) mass is 329 g/mol. The Morgan fingerprint density at radius 3 is 2.33 bits per heavy atom. The second-order valence-electron chi connectivity index (χ2n) is 5.21. The highest BCUT2D eigenvalue weighted by Gasteiger charge is 2.10. The van der Waals surface area contributed by atoms with Gasteiger partial charge in [-0.05, 0) is 42.0 Å². The first-order valence-electron chi connectivity index (χ1n) is 7.33. The van der Waals surface area contributed by atoms with Crippen molar-refractivity contribution in [1.82, 2.24) is 5.32 Å². The SMILES string of the molecule is O=C(CCC(=O)c1ccc(F)cc1)NCc1cccc(C(=O)O)c1. The Labute approximate surface area is 138 Å². The van der Waals surface area contributed by atoms with Crippen LogP contribution < -0.4 is 5.32 Å². The van der Waals surface area contributed by atoms with Crippen molar-refractivity contribution in [2.24, 2.45) is 0 Å². The number of benzene rings is 2. The molecule has 1 amide bonds. The largest absolute Gasteiger partial charge is 0.478 e. The fraction of sp³-hybridized carbons (Fsp3) is 0.167. The molecule has 0 aliphatic carbocycles. The lowest BCUT2D eigenvalue weighted by Gasteiger charge is -2.06. The third kappa shape index (κ3) is 5.01. The average Bonchev–Trinajstić information content (AvgIpc) is 2.58. The van der Waals surface area contributed by atoms with Crippen LogP contribution in [-0.2, 0) is 11.3 Å². The topological polar surface area (TPSA) is 83.5 Å². The van der Waals surface area contributed by atoms with Crippen LogP contribution in [-0.4, -0.2) is 22.8 Å². The van der Waals surface area contributed by atoms with Gasteiger partial charge in [-0.25, -0.2) is 9.18 Å². The third-order valence-corrected chi connectivity index (χ3v) is 3.41. The number of halogens is 1. The zero-order chi connectivity index (χ0) is 17.5. The fourth-order valence-corrected chi connectivity index (χ4v) is 2.11. The van der Waals surface area contributed by atoms with Gasteiger partial charge in [0.25, 0.3) is 0 Å². The second kappa shape index (κ2) is 8.01. The molecular formula is C18H16FNO4. The molecular weight excluding hydrogens is 313 g/mol. The van der Waals surface area contributed by atoms with E-state index in [0.29, 0.717) is 11.1 Å². The lowest BCUT2D eigenvalue weighted by atomic mass is 10.1.